The molecule has 2 rings (SSSR count). The number of quaternary nitrogens is 1. The number of anilines is 1. The summed E-state index contributed by atoms with van der Waals surface area (Å²) in [6.07, 6.45) is 0. The fraction of sp³-hybridized carbons (Fsp3) is 0.267. The number of nitro benzene ring substituents is 1. The van der Waals surface area contributed by atoms with Crippen LogP contribution in [0.4, 0.5) is 11.4 Å². The lowest BCUT2D eigenvalue weighted by Gasteiger charge is -2.21. The van der Waals surface area contributed by atoms with Gasteiger partial charge in [-0.05, 0) is 29.7 Å². The largest absolute Gasteiger partial charge is 0.356 e. The second kappa shape index (κ2) is 8.39. The van der Waals surface area contributed by atoms with Gasteiger partial charge in [0.1, 0.15) is 6.04 Å². The Labute approximate surface area is 154 Å². The smallest absolute Gasteiger partial charge is 0.271 e. The maximum absolute atomic E-state index is 10.9. The highest BCUT2D eigenvalue weighted by molar-refractivity contribution is 7.80. The van der Waals surface area contributed by atoms with Crippen LogP contribution in [0, 0.1) is 10.1 Å². The van der Waals surface area contributed by atoms with Crippen LogP contribution >= 0.6 is 35.2 Å². The van der Waals surface area contributed by atoms with Crippen molar-refractivity contribution in [2.45, 2.75) is 6.04 Å². The van der Waals surface area contributed by atoms with Crippen LogP contribution in [0.25, 0.3) is 0 Å². The Bertz CT molecular complexity index is 722. The summed E-state index contributed by atoms with van der Waals surface area (Å²) < 4.78 is 0. The van der Waals surface area contributed by atoms with Crippen molar-refractivity contribution in [3.63, 3.8) is 0 Å². The third-order valence-corrected chi connectivity index (χ3v) is 5.02. The van der Waals surface area contributed by atoms with Crippen molar-refractivity contribution in [3.8, 4) is 0 Å². The monoisotopic (exact) mass is 385 g/mol. The summed E-state index contributed by atoms with van der Waals surface area (Å²) in [5.41, 5.74) is 0.368. The van der Waals surface area contributed by atoms with Crippen LogP contribution in [0.2, 0.25) is 5.02 Å². The van der Waals surface area contributed by atoms with Crippen molar-refractivity contribution in [1.82, 2.24) is 5.32 Å². The maximum Gasteiger partial charge on any atom is 0.271 e. The molecule has 1 aromatic carbocycles. The first kappa shape index (κ1) is 18.6. The van der Waals surface area contributed by atoms with Crippen LogP contribution in [0.5, 0.6) is 0 Å². The van der Waals surface area contributed by atoms with Crippen molar-refractivity contribution in [1.29, 1.82) is 0 Å². The number of likely N-dealkylation sites (N-methyl/N-ethyl adjacent to an activating group) is 1. The molecule has 0 spiro atoms. The van der Waals surface area contributed by atoms with Crippen LogP contribution in [-0.4, -0.2) is 30.7 Å². The predicted octanol–water partition coefficient (Wildman–Crippen LogP) is 2.48. The molecule has 0 amide bonds. The van der Waals surface area contributed by atoms with Gasteiger partial charge in [0.2, 0.25) is 0 Å². The topological polar surface area (TPSA) is 71.6 Å². The zero-order chi connectivity index (χ0) is 17.7. The molecule has 2 aromatic rings. The van der Waals surface area contributed by atoms with Crippen molar-refractivity contribution in [3.05, 3.63) is 55.7 Å². The number of benzene rings is 1. The molecule has 0 fully saturated rings. The van der Waals surface area contributed by atoms with Crippen LogP contribution in [0.1, 0.15) is 10.9 Å². The molecule has 0 aliphatic heterocycles. The molecule has 0 saturated heterocycles. The zero-order valence-electron chi connectivity index (χ0n) is 13.2. The minimum Gasteiger partial charge on any atom is -0.356 e. The number of rotatable bonds is 6. The number of nitrogens with zero attached hydrogens (tertiary/aromatic N) is 1. The van der Waals surface area contributed by atoms with Crippen LogP contribution < -0.4 is 15.5 Å². The standard InChI is InChI=1S/C15H17ClN4O2S2/c1-19(2)13(14-4-3-7-24-14)9-17-15(23)18-12-8-10(20(21)22)5-6-11(12)16/h3-8,13H,9H2,1-2H3,(H2,17,18,23)/p+1/t13-/m1/s1. The van der Waals surface area contributed by atoms with E-state index < -0.39 is 4.92 Å². The quantitative estimate of drug-likeness (QED) is 0.405. The Hall–Kier alpha value is -1.74. The molecular formula is C15H18ClN4O2S2+. The molecule has 0 aliphatic carbocycles. The highest BCUT2D eigenvalue weighted by atomic mass is 35.5. The number of thiophene rings is 1. The number of non-ortho nitro benzene ring substituents is 1. The highest BCUT2D eigenvalue weighted by Crippen LogP contribution is 2.26. The van der Waals surface area contributed by atoms with E-state index in [1.807, 2.05) is 11.4 Å². The Morgan fingerprint density at radius 1 is 1.46 bits per heavy atom. The lowest BCUT2D eigenvalue weighted by molar-refractivity contribution is -0.890. The van der Waals surface area contributed by atoms with Gasteiger partial charge in [-0.3, -0.25) is 10.1 Å². The van der Waals surface area contributed by atoms with Crippen molar-refractivity contribution < 1.29 is 9.82 Å². The van der Waals surface area contributed by atoms with Gasteiger partial charge >= 0.3 is 0 Å². The van der Waals surface area contributed by atoms with E-state index >= 15 is 0 Å². The molecule has 1 atom stereocenters. The summed E-state index contributed by atoms with van der Waals surface area (Å²) in [7, 11) is 4.17. The molecule has 9 heteroatoms. The third-order valence-electron chi connectivity index (χ3n) is 3.46. The number of halogens is 1. The zero-order valence-corrected chi connectivity index (χ0v) is 15.6. The van der Waals surface area contributed by atoms with Gasteiger partial charge in [0, 0.05) is 12.1 Å². The van der Waals surface area contributed by atoms with Gasteiger partial charge in [0.25, 0.3) is 5.69 Å². The summed E-state index contributed by atoms with van der Waals surface area (Å²) in [4.78, 5) is 12.9. The van der Waals surface area contributed by atoms with E-state index in [0.29, 0.717) is 22.4 Å². The minimum atomic E-state index is -0.472. The molecule has 128 valence electrons. The molecule has 6 nitrogen and oxygen atoms in total. The van der Waals surface area contributed by atoms with Crippen molar-refractivity contribution in [2.24, 2.45) is 0 Å². The normalized spacial score (nSPS) is 12.0. The van der Waals surface area contributed by atoms with E-state index in [1.54, 1.807) is 11.3 Å². The Morgan fingerprint density at radius 3 is 2.79 bits per heavy atom. The van der Waals surface area contributed by atoms with E-state index in [2.05, 4.69) is 30.8 Å². The van der Waals surface area contributed by atoms with Crippen LogP contribution in [0.3, 0.4) is 0 Å². The van der Waals surface area contributed by atoms with Crippen LogP contribution in [0.15, 0.2) is 35.7 Å². The highest BCUT2D eigenvalue weighted by Gasteiger charge is 2.19. The first-order valence-corrected chi connectivity index (χ1v) is 8.87. The summed E-state index contributed by atoms with van der Waals surface area (Å²) >= 11 is 13.0. The first-order chi connectivity index (χ1) is 11.4. The van der Waals surface area contributed by atoms with Gasteiger partial charge in [-0.2, -0.15) is 0 Å². The van der Waals surface area contributed by atoms with Crippen molar-refractivity contribution in [2.75, 3.05) is 26.0 Å². The molecule has 0 aliphatic rings. The molecular weight excluding hydrogens is 368 g/mol. The molecule has 0 saturated carbocycles. The molecule has 1 heterocycles. The number of thiocarbonyl (C=S) groups is 1. The van der Waals surface area contributed by atoms with E-state index in [1.165, 1.54) is 28.0 Å². The Morgan fingerprint density at radius 2 is 2.21 bits per heavy atom. The van der Waals surface area contributed by atoms with Gasteiger partial charge in [-0.15, -0.1) is 11.3 Å². The third kappa shape index (κ3) is 4.88. The Kier molecular flexibility index (Phi) is 6.50. The lowest BCUT2D eigenvalue weighted by atomic mass is 10.2. The average Bonchev–Trinajstić information content (AvgIpc) is 3.03. The number of hydrogen-bond acceptors (Lipinski definition) is 4. The van der Waals surface area contributed by atoms with Gasteiger partial charge in [0.05, 0.1) is 41.2 Å². The summed E-state index contributed by atoms with van der Waals surface area (Å²) in [6, 6.07) is 8.57. The predicted molar refractivity (Wildman–Crippen MR) is 102 cm³/mol. The molecule has 0 unspecified atom stereocenters. The lowest BCUT2D eigenvalue weighted by Crippen LogP contribution is -3.06. The number of nitro groups is 1. The first-order valence-electron chi connectivity index (χ1n) is 7.20. The molecule has 1 aromatic heterocycles. The Balaban J connectivity index is 2.00. The summed E-state index contributed by atoms with van der Waals surface area (Å²) in [5.74, 6) is 0. The van der Waals surface area contributed by atoms with E-state index in [-0.39, 0.29) is 11.7 Å². The van der Waals surface area contributed by atoms with Crippen LogP contribution in [-0.2, 0) is 0 Å². The average molecular weight is 386 g/mol. The van der Waals surface area contributed by atoms with Crippen molar-refractivity contribution >= 4 is 51.6 Å². The minimum absolute atomic E-state index is 0.0427. The molecule has 24 heavy (non-hydrogen) atoms. The molecule has 0 radical (unpaired) electrons. The van der Waals surface area contributed by atoms with Gasteiger partial charge in [-0.25, -0.2) is 0 Å². The maximum atomic E-state index is 10.9. The molecule has 3 N–H and O–H groups in total. The second-order valence-corrected chi connectivity index (χ2v) is 7.20. The van der Waals surface area contributed by atoms with E-state index in [0.717, 1.165) is 0 Å². The number of nitrogens with one attached hydrogen (secondary N) is 3. The van der Waals surface area contributed by atoms with Gasteiger partial charge in [0.15, 0.2) is 5.11 Å². The van der Waals surface area contributed by atoms with E-state index in [9.17, 15) is 10.1 Å². The second-order valence-electron chi connectivity index (χ2n) is 5.40. The fourth-order valence-corrected chi connectivity index (χ4v) is 3.48. The SMILES string of the molecule is C[NH+](C)[C@H](CNC(=S)Nc1cc([N+](=O)[O-])ccc1Cl)c1cccs1. The number of hydrogen-bond donors (Lipinski definition) is 3. The van der Waals surface area contributed by atoms with E-state index in [4.69, 9.17) is 23.8 Å². The van der Waals surface area contributed by atoms with Gasteiger partial charge < -0.3 is 15.5 Å². The molecule has 0 bridgehead atoms. The summed E-state index contributed by atoms with van der Waals surface area (Å²) in [5, 5.41) is 19.7. The fourth-order valence-electron chi connectivity index (χ4n) is 2.16. The summed E-state index contributed by atoms with van der Waals surface area (Å²) in [6.45, 7) is 0.640. The van der Waals surface area contributed by atoms with Gasteiger partial charge in [-0.1, -0.05) is 17.7 Å².